The Bertz CT molecular complexity index is 1200. The van der Waals surface area contributed by atoms with Crippen molar-refractivity contribution in [2.75, 3.05) is 44.8 Å². The molecule has 1 aliphatic heterocycles. The highest BCUT2D eigenvalue weighted by Crippen LogP contribution is 2.36. The molecule has 3 aromatic rings. The largest absolute Gasteiger partial charge is 0.419 e. The van der Waals surface area contributed by atoms with Crippen LogP contribution in [-0.4, -0.2) is 64.1 Å². The van der Waals surface area contributed by atoms with Crippen LogP contribution in [0.1, 0.15) is 5.56 Å². The van der Waals surface area contributed by atoms with E-state index in [2.05, 4.69) is 4.98 Å². The van der Waals surface area contributed by atoms with Gasteiger partial charge in [-0.05, 0) is 30.7 Å². The summed E-state index contributed by atoms with van der Waals surface area (Å²) in [4.78, 5) is 20.3. The summed E-state index contributed by atoms with van der Waals surface area (Å²) in [6, 6.07) is 15.7. The summed E-state index contributed by atoms with van der Waals surface area (Å²) in [5.41, 5.74) is 1.66. The fourth-order valence-corrected chi connectivity index (χ4v) is 5.03. The lowest BCUT2D eigenvalue weighted by atomic mass is 10.1. The first-order chi connectivity index (χ1) is 15.4. The number of carbonyl (C=O) groups excluding carboxylic acids is 1. The highest BCUT2D eigenvalue weighted by atomic mass is 32.2. The van der Waals surface area contributed by atoms with Gasteiger partial charge in [0.2, 0.25) is 32.5 Å². The van der Waals surface area contributed by atoms with E-state index in [4.69, 9.17) is 9.15 Å². The summed E-state index contributed by atoms with van der Waals surface area (Å²) in [7, 11) is -2.42. The molecule has 0 bridgehead atoms. The minimum Gasteiger partial charge on any atom is -0.419 e. The first-order valence-electron chi connectivity index (χ1n) is 10.3. The molecule has 1 aromatic heterocycles. The SMILES string of the molecule is COCC(=O)N1CCN(c2oc(-c3ccccc3C)nc2S(=O)(=O)c2ccccc2)CC1. The van der Waals surface area contributed by atoms with E-state index in [1.165, 1.54) is 7.11 Å². The number of benzene rings is 2. The van der Waals surface area contributed by atoms with Crippen molar-refractivity contribution in [1.82, 2.24) is 9.88 Å². The summed E-state index contributed by atoms with van der Waals surface area (Å²) < 4.78 is 37.9. The Labute approximate surface area is 187 Å². The van der Waals surface area contributed by atoms with Crippen LogP contribution in [0.3, 0.4) is 0 Å². The molecule has 2 aromatic carbocycles. The molecule has 32 heavy (non-hydrogen) atoms. The lowest BCUT2D eigenvalue weighted by Crippen LogP contribution is -2.49. The van der Waals surface area contributed by atoms with Gasteiger partial charge in [0.05, 0.1) is 4.90 Å². The third-order valence-corrected chi connectivity index (χ3v) is 7.12. The van der Waals surface area contributed by atoms with Crippen LogP contribution in [0, 0.1) is 6.92 Å². The van der Waals surface area contributed by atoms with Crippen molar-refractivity contribution >= 4 is 21.6 Å². The molecule has 1 fully saturated rings. The van der Waals surface area contributed by atoms with Crippen molar-refractivity contribution in [3.8, 4) is 11.5 Å². The van der Waals surface area contributed by atoms with Gasteiger partial charge in [0.25, 0.3) is 0 Å². The third-order valence-electron chi connectivity index (χ3n) is 5.45. The van der Waals surface area contributed by atoms with E-state index in [1.54, 1.807) is 35.2 Å². The Morgan fingerprint density at radius 1 is 1.03 bits per heavy atom. The fourth-order valence-electron chi connectivity index (χ4n) is 3.69. The number of hydrogen-bond acceptors (Lipinski definition) is 7. The Morgan fingerprint density at radius 3 is 2.34 bits per heavy atom. The maximum absolute atomic E-state index is 13.5. The number of rotatable bonds is 6. The molecule has 168 valence electrons. The zero-order valence-electron chi connectivity index (χ0n) is 18.0. The van der Waals surface area contributed by atoms with Gasteiger partial charge in [-0.15, -0.1) is 0 Å². The number of carbonyl (C=O) groups is 1. The van der Waals surface area contributed by atoms with Crippen LogP contribution in [0.4, 0.5) is 5.88 Å². The molecule has 0 saturated carbocycles. The number of nitrogens with zero attached hydrogens (tertiary/aromatic N) is 3. The maximum Gasteiger partial charge on any atom is 0.248 e. The van der Waals surface area contributed by atoms with Crippen molar-refractivity contribution in [3.05, 3.63) is 60.2 Å². The Balaban J connectivity index is 1.73. The van der Waals surface area contributed by atoms with Crippen molar-refractivity contribution in [1.29, 1.82) is 0 Å². The van der Waals surface area contributed by atoms with Gasteiger partial charge >= 0.3 is 0 Å². The van der Waals surface area contributed by atoms with Crippen LogP contribution in [0.25, 0.3) is 11.5 Å². The standard InChI is InChI=1S/C23H25N3O5S/c1-17-8-6-7-11-19(17)21-24-22(32(28,29)18-9-4-3-5-10-18)23(31-21)26-14-12-25(13-15-26)20(27)16-30-2/h3-11H,12-16H2,1-2H3. The molecule has 0 unspecified atom stereocenters. The van der Waals surface area contributed by atoms with Crippen molar-refractivity contribution in [2.24, 2.45) is 0 Å². The molecule has 2 heterocycles. The maximum atomic E-state index is 13.5. The molecule has 1 amide bonds. The Kier molecular flexibility index (Phi) is 6.29. The Morgan fingerprint density at radius 2 is 1.69 bits per heavy atom. The van der Waals surface area contributed by atoms with Crippen LogP contribution in [0.15, 0.2) is 68.9 Å². The highest BCUT2D eigenvalue weighted by molar-refractivity contribution is 7.91. The number of hydrogen-bond donors (Lipinski definition) is 0. The minimum absolute atomic E-state index is 0.0212. The lowest BCUT2D eigenvalue weighted by molar-refractivity contribution is -0.135. The topological polar surface area (TPSA) is 92.9 Å². The van der Waals surface area contributed by atoms with Crippen molar-refractivity contribution in [3.63, 3.8) is 0 Å². The summed E-state index contributed by atoms with van der Waals surface area (Å²) in [5, 5.41) is -0.112. The van der Waals surface area contributed by atoms with Crippen molar-refractivity contribution in [2.45, 2.75) is 16.8 Å². The summed E-state index contributed by atoms with van der Waals surface area (Å²) in [6.07, 6.45) is 0. The number of oxazole rings is 1. The van der Waals surface area contributed by atoms with Crippen LogP contribution in [0.2, 0.25) is 0 Å². The predicted molar refractivity (Wildman–Crippen MR) is 119 cm³/mol. The second kappa shape index (κ2) is 9.13. The number of sulfone groups is 1. The van der Waals surface area contributed by atoms with Crippen LogP contribution < -0.4 is 4.90 Å². The third kappa shape index (κ3) is 4.26. The monoisotopic (exact) mass is 455 g/mol. The van der Waals surface area contributed by atoms with E-state index in [-0.39, 0.29) is 34.2 Å². The summed E-state index contributed by atoms with van der Waals surface area (Å²) in [5.74, 6) is 0.360. The number of methoxy groups -OCH3 is 1. The normalized spacial score (nSPS) is 14.6. The van der Waals surface area contributed by atoms with E-state index in [9.17, 15) is 13.2 Å². The number of amides is 1. The number of ether oxygens (including phenoxy) is 1. The fraction of sp³-hybridized carbons (Fsp3) is 0.304. The second-order valence-electron chi connectivity index (χ2n) is 7.56. The van der Waals surface area contributed by atoms with E-state index >= 15 is 0 Å². The number of piperazine rings is 1. The molecule has 0 N–H and O–H groups in total. The molecule has 9 heteroatoms. The molecule has 1 aliphatic rings. The van der Waals surface area contributed by atoms with Crippen molar-refractivity contribution < 1.29 is 22.4 Å². The number of aromatic nitrogens is 1. The molecule has 4 rings (SSSR count). The molecule has 0 radical (unpaired) electrons. The second-order valence-corrected chi connectivity index (χ2v) is 9.43. The van der Waals surface area contributed by atoms with E-state index in [0.717, 1.165) is 11.1 Å². The van der Waals surface area contributed by atoms with Crippen LogP contribution in [-0.2, 0) is 19.4 Å². The first kappa shape index (κ1) is 22.0. The lowest BCUT2D eigenvalue weighted by Gasteiger charge is -2.34. The van der Waals surface area contributed by atoms with Gasteiger partial charge < -0.3 is 19.0 Å². The van der Waals surface area contributed by atoms with Gasteiger partial charge in [0.15, 0.2) is 0 Å². The first-order valence-corrected chi connectivity index (χ1v) is 11.8. The number of anilines is 1. The Hall–Kier alpha value is -3.17. The number of aryl methyl sites for hydroxylation is 1. The van der Waals surface area contributed by atoms with Gasteiger partial charge in [0, 0.05) is 38.9 Å². The average molecular weight is 456 g/mol. The summed E-state index contributed by atoms with van der Waals surface area (Å²) >= 11 is 0. The van der Waals surface area contributed by atoms with E-state index in [0.29, 0.717) is 26.2 Å². The molecule has 0 atom stereocenters. The molecule has 0 aliphatic carbocycles. The smallest absolute Gasteiger partial charge is 0.248 e. The summed E-state index contributed by atoms with van der Waals surface area (Å²) in [6.45, 7) is 3.67. The predicted octanol–water partition coefficient (Wildman–Crippen LogP) is 2.78. The highest BCUT2D eigenvalue weighted by Gasteiger charge is 2.33. The minimum atomic E-state index is -3.90. The molecular formula is C23H25N3O5S. The van der Waals surface area contributed by atoms with Gasteiger partial charge in [-0.3, -0.25) is 4.79 Å². The van der Waals surface area contributed by atoms with Gasteiger partial charge in [0.1, 0.15) is 6.61 Å². The van der Waals surface area contributed by atoms with Gasteiger partial charge in [-0.1, -0.05) is 36.4 Å². The molecule has 8 nitrogen and oxygen atoms in total. The molecular weight excluding hydrogens is 430 g/mol. The zero-order chi connectivity index (χ0) is 22.7. The van der Waals surface area contributed by atoms with Gasteiger partial charge in [-0.2, -0.15) is 4.98 Å². The van der Waals surface area contributed by atoms with Crippen LogP contribution >= 0.6 is 0 Å². The molecule has 1 saturated heterocycles. The zero-order valence-corrected chi connectivity index (χ0v) is 18.8. The van der Waals surface area contributed by atoms with E-state index in [1.807, 2.05) is 36.1 Å². The quantitative estimate of drug-likeness (QED) is 0.564. The van der Waals surface area contributed by atoms with Gasteiger partial charge in [-0.25, -0.2) is 8.42 Å². The van der Waals surface area contributed by atoms with E-state index < -0.39 is 9.84 Å². The average Bonchev–Trinajstić information content (AvgIpc) is 3.26. The van der Waals surface area contributed by atoms with Crippen LogP contribution in [0.5, 0.6) is 0 Å². The molecule has 0 spiro atoms.